The fourth-order valence-electron chi connectivity index (χ4n) is 5.22. The minimum Gasteiger partial charge on any atom is -0.480 e. The van der Waals surface area contributed by atoms with Gasteiger partial charge in [-0.05, 0) is 35.4 Å². The second-order valence-corrected chi connectivity index (χ2v) is 9.44. The lowest BCUT2D eigenvalue weighted by atomic mass is 9.95. The zero-order chi connectivity index (χ0) is 26.3. The van der Waals surface area contributed by atoms with Crippen LogP contribution in [-0.2, 0) is 9.59 Å². The Hall–Kier alpha value is -4.26. The number of piperazine rings is 1. The number of aliphatic carboxylic acids is 1. The molecule has 1 saturated heterocycles. The lowest BCUT2D eigenvalue weighted by molar-refractivity contribution is -0.146. The number of para-hydroxylation sites is 2. The minimum atomic E-state index is -0.923. The van der Waals surface area contributed by atoms with E-state index in [9.17, 15) is 14.7 Å². The summed E-state index contributed by atoms with van der Waals surface area (Å²) in [4.78, 5) is 31.9. The SMILES string of the molecule is O=C(O)C1CN(C(c2ccccc2)c2ccccc2)CCN1CC(=O)N(c1ccccc1)c1ccccc1. The van der Waals surface area contributed by atoms with E-state index in [0.717, 1.165) is 22.5 Å². The average Bonchev–Trinajstić information content (AvgIpc) is 2.96. The molecule has 4 aromatic carbocycles. The van der Waals surface area contributed by atoms with Crippen molar-refractivity contribution in [1.29, 1.82) is 0 Å². The molecule has 1 heterocycles. The minimum absolute atomic E-state index is 0.00986. The van der Waals surface area contributed by atoms with Crippen molar-refractivity contribution >= 4 is 23.3 Å². The Labute approximate surface area is 223 Å². The third-order valence-electron chi connectivity index (χ3n) is 7.02. The van der Waals surface area contributed by atoms with Gasteiger partial charge in [-0.2, -0.15) is 0 Å². The van der Waals surface area contributed by atoms with Crippen molar-refractivity contribution in [3.05, 3.63) is 132 Å². The molecule has 1 unspecified atom stereocenters. The maximum Gasteiger partial charge on any atom is 0.322 e. The first-order chi connectivity index (χ1) is 18.6. The summed E-state index contributed by atoms with van der Waals surface area (Å²) in [6.45, 7) is 1.43. The van der Waals surface area contributed by atoms with Crippen molar-refractivity contribution in [2.75, 3.05) is 31.1 Å². The molecule has 6 nitrogen and oxygen atoms in total. The van der Waals surface area contributed by atoms with E-state index in [1.807, 2.05) is 97.1 Å². The van der Waals surface area contributed by atoms with Crippen molar-refractivity contribution in [3.8, 4) is 0 Å². The number of hydrogen-bond donors (Lipinski definition) is 1. The molecule has 1 atom stereocenters. The fraction of sp³-hybridized carbons (Fsp3) is 0.188. The number of carboxylic acid groups (broad SMARTS) is 1. The van der Waals surface area contributed by atoms with Crippen LogP contribution in [0.4, 0.5) is 11.4 Å². The topological polar surface area (TPSA) is 64.1 Å². The van der Waals surface area contributed by atoms with Crippen molar-refractivity contribution < 1.29 is 14.7 Å². The van der Waals surface area contributed by atoms with Gasteiger partial charge in [-0.1, -0.05) is 97.1 Å². The van der Waals surface area contributed by atoms with Crippen LogP contribution in [0.15, 0.2) is 121 Å². The third-order valence-corrected chi connectivity index (χ3v) is 7.02. The second kappa shape index (κ2) is 11.9. The number of hydrogen-bond acceptors (Lipinski definition) is 4. The average molecular weight is 506 g/mol. The van der Waals surface area contributed by atoms with E-state index in [1.54, 1.807) is 9.80 Å². The number of benzene rings is 4. The van der Waals surface area contributed by atoms with Crippen LogP contribution < -0.4 is 4.90 Å². The smallest absolute Gasteiger partial charge is 0.322 e. The van der Waals surface area contributed by atoms with Gasteiger partial charge in [0.15, 0.2) is 0 Å². The molecule has 0 spiro atoms. The molecule has 4 aromatic rings. The van der Waals surface area contributed by atoms with Gasteiger partial charge in [-0.3, -0.25) is 24.3 Å². The van der Waals surface area contributed by atoms with E-state index >= 15 is 0 Å². The van der Waals surface area contributed by atoms with Gasteiger partial charge in [-0.15, -0.1) is 0 Å². The largest absolute Gasteiger partial charge is 0.480 e. The summed E-state index contributed by atoms with van der Waals surface area (Å²) in [6.07, 6.45) is 0. The number of carbonyl (C=O) groups is 2. The predicted octanol–water partition coefficient (Wildman–Crippen LogP) is 5.21. The summed E-state index contributed by atoms with van der Waals surface area (Å²) in [5.41, 5.74) is 3.74. The number of nitrogens with zero attached hydrogens (tertiary/aromatic N) is 3. The van der Waals surface area contributed by atoms with Gasteiger partial charge in [0.2, 0.25) is 5.91 Å². The van der Waals surface area contributed by atoms with E-state index in [2.05, 4.69) is 29.2 Å². The number of carbonyl (C=O) groups excluding carboxylic acids is 1. The van der Waals surface area contributed by atoms with Gasteiger partial charge in [0.1, 0.15) is 6.04 Å². The first-order valence-corrected chi connectivity index (χ1v) is 12.9. The van der Waals surface area contributed by atoms with Crippen molar-refractivity contribution in [2.24, 2.45) is 0 Å². The van der Waals surface area contributed by atoms with Crippen molar-refractivity contribution in [1.82, 2.24) is 9.80 Å². The molecule has 1 aliphatic heterocycles. The molecule has 38 heavy (non-hydrogen) atoms. The summed E-state index contributed by atoms with van der Waals surface area (Å²) >= 11 is 0. The quantitative estimate of drug-likeness (QED) is 0.356. The first-order valence-electron chi connectivity index (χ1n) is 12.9. The Kier molecular flexibility index (Phi) is 7.92. The molecular formula is C32H31N3O3. The monoisotopic (exact) mass is 505 g/mol. The standard InChI is InChI=1S/C32H31N3O3/c36-30(35(27-17-9-3-10-18-27)28-19-11-4-12-20-28)24-33-21-22-34(23-29(33)32(37)38)31(25-13-5-1-6-14-25)26-15-7-2-8-16-26/h1-20,29,31H,21-24H2,(H,37,38). The van der Waals surface area contributed by atoms with E-state index in [4.69, 9.17) is 0 Å². The second-order valence-electron chi connectivity index (χ2n) is 9.44. The van der Waals surface area contributed by atoms with Gasteiger partial charge in [0.05, 0.1) is 12.6 Å². The summed E-state index contributed by atoms with van der Waals surface area (Å²) in [6, 6.07) is 38.4. The Morgan fingerprint density at radius 1 is 0.711 bits per heavy atom. The molecule has 1 amide bonds. The van der Waals surface area contributed by atoms with Crippen LogP contribution in [0.3, 0.4) is 0 Å². The molecular weight excluding hydrogens is 474 g/mol. The molecule has 1 N–H and O–H groups in total. The molecule has 6 heteroatoms. The molecule has 0 radical (unpaired) electrons. The van der Waals surface area contributed by atoms with Crippen LogP contribution in [0.25, 0.3) is 0 Å². The molecule has 0 bridgehead atoms. The van der Waals surface area contributed by atoms with E-state index in [1.165, 1.54) is 0 Å². The third kappa shape index (κ3) is 5.67. The Balaban J connectivity index is 1.39. The number of anilines is 2. The van der Waals surface area contributed by atoms with Crippen LogP contribution in [-0.4, -0.2) is 59.0 Å². The molecule has 1 aliphatic rings. The van der Waals surface area contributed by atoms with Gasteiger partial charge in [-0.25, -0.2) is 0 Å². The molecule has 0 saturated carbocycles. The van der Waals surface area contributed by atoms with Gasteiger partial charge in [0, 0.05) is 31.0 Å². The number of rotatable bonds is 8. The Morgan fingerprint density at radius 3 is 1.61 bits per heavy atom. The Bertz CT molecular complexity index is 1250. The van der Waals surface area contributed by atoms with E-state index in [0.29, 0.717) is 19.6 Å². The zero-order valence-electron chi connectivity index (χ0n) is 21.1. The summed E-state index contributed by atoms with van der Waals surface area (Å²) < 4.78 is 0. The number of carboxylic acids is 1. The van der Waals surface area contributed by atoms with Crippen molar-refractivity contribution in [3.63, 3.8) is 0 Å². The van der Waals surface area contributed by atoms with Crippen LogP contribution in [0.1, 0.15) is 17.2 Å². The molecule has 1 fully saturated rings. The lowest BCUT2D eigenvalue weighted by Gasteiger charge is -2.43. The molecule has 192 valence electrons. The maximum atomic E-state index is 13.7. The lowest BCUT2D eigenvalue weighted by Crippen LogP contribution is -2.59. The fourth-order valence-corrected chi connectivity index (χ4v) is 5.22. The van der Waals surface area contributed by atoms with Gasteiger partial charge in [0.25, 0.3) is 0 Å². The summed E-state index contributed by atoms with van der Waals surface area (Å²) in [5.74, 6) is -1.09. The zero-order valence-corrected chi connectivity index (χ0v) is 21.1. The van der Waals surface area contributed by atoms with E-state index < -0.39 is 12.0 Å². The number of amides is 1. The first kappa shape index (κ1) is 25.4. The van der Waals surface area contributed by atoms with Crippen LogP contribution in [0.2, 0.25) is 0 Å². The highest BCUT2D eigenvalue weighted by Crippen LogP contribution is 2.31. The van der Waals surface area contributed by atoms with Crippen LogP contribution in [0.5, 0.6) is 0 Å². The van der Waals surface area contributed by atoms with Crippen LogP contribution >= 0.6 is 0 Å². The van der Waals surface area contributed by atoms with Crippen LogP contribution in [0, 0.1) is 0 Å². The van der Waals surface area contributed by atoms with Crippen molar-refractivity contribution in [2.45, 2.75) is 12.1 Å². The normalized spacial score (nSPS) is 16.3. The van der Waals surface area contributed by atoms with Gasteiger partial charge >= 0.3 is 5.97 Å². The highest BCUT2D eigenvalue weighted by molar-refractivity contribution is 6.01. The highest BCUT2D eigenvalue weighted by Gasteiger charge is 2.37. The Morgan fingerprint density at radius 2 is 1.16 bits per heavy atom. The summed E-state index contributed by atoms with van der Waals surface area (Å²) in [5, 5.41) is 10.2. The molecule has 0 aliphatic carbocycles. The maximum absolute atomic E-state index is 13.7. The molecule has 5 rings (SSSR count). The predicted molar refractivity (Wildman–Crippen MR) is 149 cm³/mol. The molecule has 0 aromatic heterocycles. The summed E-state index contributed by atoms with van der Waals surface area (Å²) in [7, 11) is 0. The van der Waals surface area contributed by atoms with E-state index in [-0.39, 0.29) is 18.5 Å². The highest BCUT2D eigenvalue weighted by atomic mass is 16.4. The van der Waals surface area contributed by atoms with Gasteiger partial charge < -0.3 is 5.11 Å².